The second kappa shape index (κ2) is 8.98. The maximum atomic E-state index is 12.7. The Kier molecular flexibility index (Phi) is 6.71. The minimum atomic E-state index is -0.692. The van der Waals surface area contributed by atoms with Gasteiger partial charge in [-0.3, -0.25) is 14.4 Å². The Balaban J connectivity index is 2.11. The lowest BCUT2D eigenvalue weighted by atomic mass is 10.0. The molecule has 0 aliphatic carbocycles. The Bertz CT molecular complexity index is 846. The van der Waals surface area contributed by atoms with E-state index >= 15 is 0 Å². The summed E-state index contributed by atoms with van der Waals surface area (Å²) >= 11 is 0. The SMILES string of the molecule is CC(=O)Nc1cccc(NC(=O)[C@@H](NC(=O)c2cccc(C)c2)C(C)C)c1. The summed E-state index contributed by atoms with van der Waals surface area (Å²) in [7, 11) is 0. The fourth-order valence-corrected chi connectivity index (χ4v) is 2.64. The molecule has 2 rings (SSSR count). The first-order valence-electron chi connectivity index (χ1n) is 8.82. The van der Waals surface area contributed by atoms with E-state index in [2.05, 4.69) is 16.0 Å². The number of aryl methyl sites for hydroxylation is 1. The molecule has 0 fully saturated rings. The van der Waals surface area contributed by atoms with Crippen molar-refractivity contribution in [1.82, 2.24) is 5.32 Å². The van der Waals surface area contributed by atoms with Gasteiger partial charge in [0.15, 0.2) is 0 Å². The van der Waals surface area contributed by atoms with E-state index in [1.807, 2.05) is 32.9 Å². The number of hydrogen-bond acceptors (Lipinski definition) is 3. The van der Waals surface area contributed by atoms with E-state index in [1.54, 1.807) is 36.4 Å². The van der Waals surface area contributed by atoms with Gasteiger partial charge in [0, 0.05) is 23.9 Å². The fraction of sp³-hybridized carbons (Fsp3) is 0.286. The Morgan fingerprint density at radius 2 is 1.52 bits per heavy atom. The molecule has 0 spiro atoms. The zero-order chi connectivity index (χ0) is 20.0. The second-order valence-corrected chi connectivity index (χ2v) is 6.82. The molecule has 6 nitrogen and oxygen atoms in total. The van der Waals surface area contributed by atoms with Crippen LogP contribution < -0.4 is 16.0 Å². The lowest BCUT2D eigenvalue weighted by Crippen LogP contribution is -2.47. The average Bonchev–Trinajstić information content (AvgIpc) is 2.58. The van der Waals surface area contributed by atoms with Crippen LogP contribution in [0.15, 0.2) is 48.5 Å². The van der Waals surface area contributed by atoms with Crippen LogP contribution in [-0.4, -0.2) is 23.8 Å². The highest BCUT2D eigenvalue weighted by molar-refractivity contribution is 6.01. The van der Waals surface area contributed by atoms with Crippen molar-refractivity contribution in [3.63, 3.8) is 0 Å². The highest BCUT2D eigenvalue weighted by Crippen LogP contribution is 2.16. The van der Waals surface area contributed by atoms with Gasteiger partial charge in [-0.1, -0.05) is 37.6 Å². The molecule has 0 aromatic heterocycles. The average molecular weight is 367 g/mol. The summed E-state index contributed by atoms with van der Waals surface area (Å²) in [6.07, 6.45) is 0. The van der Waals surface area contributed by atoms with Crippen molar-refractivity contribution < 1.29 is 14.4 Å². The summed E-state index contributed by atoms with van der Waals surface area (Å²) < 4.78 is 0. The maximum Gasteiger partial charge on any atom is 0.251 e. The molecule has 0 unspecified atom stereocenters. The quantitative estimate of drug-likeness (QED) is 0.732. The zero-order valence-electron chi connectivity index (χ0n) is 16.0. The number of carbonyl (C=O) groups is 3. The first-order valence-corrected chi connectivity index (χ1v) is 8.82. The van der Waals surface area contributed by atoms with Gasteiger partial charge in [0.25, 0.3) is 5.91 Å². The largest absolute Gasteiger partial charge is 0.340 e. The number of benzene rings is 2. The number of carbonyl (C=O) groups excluding carboxylic acids is 3. The molecule has 3 amide bonds. The number of amides is 3. The molecule has 0 saturated carbocycles. The van der Waals surface area contributed by atoms with Gasteiger partial charge in [0.2, 0.25) is 11.8 Å². The van der Waals surface area contributed by atoms with Crippen molar-refractivity contribution in [2.45, 2.75) is 33.7 Å². The standard InChI is InChI=1S/C21H25N3O3/c1-13(2)19(24-20(26)16-8-5-7-14(3)11-16)21(27)23-18-10-6-9-17(12-18)22-15(4)25/h5-13,19H,1-4H3,(H,22,25)(H,23,27)(H,24,26)/t19-/m0/s1. The van der Waals surface area contributed by atoms with Crippen molar-refractivity contribution in [1.29, 1.82) is 0 Å². The minimum Gasteiger partial charge on any atom is -0.340 e. The predicted octanol–water partition coefficient (Wildman–Crippen LogP) is 3.35. The van der Waals surface area contributed by atoms with E-state index in [0.29, 0.717) is 16.9 Å². The van der Waals surface area contributed by atoms with Crippen LogP contribution in [0.1, 0.15) is 36.7 Å². The smallest absolute Gasteiger partial charge is 0.251 e. The Hall–Kier alpha value is -3.15. The van der Waals surface area contributed by atoms with Crippen LogP contribution in [0.2, 0.25) is 0 Å². The summed E-state index contributed by atoms with van der Waals surface area (Å²) in [5.41, 5.74) is 2.62. The molecule has 0 radical (unpaired) electrons. The summed E-state index contributed by atoms with van der Waals surface area (Å²) in [5, 5.41) is 8.28. The van der Waals surface area contributed by atoms with E-state index in [4.69, 9.17) is 0 Å². The Morgan fingerprint density at radius 3 is 2.11 bits per heavy atom. The zero-order valence-corrected chi connectivity index (χ0v) is 16.0. The van der Waals surface area contributed by atoms with E-state index in [1.165, 1.54) is 6.92 Å². The summed E-state index contributed by atoms with van der Waals surface area (Å²) in [5.74, 6) is -0.897. The van der Waals surface area contributed by atoms with Crippen LogP contribution in [-0.2, 0) is 9.59 Å². The summed E-state index contributed by atoms with van der Waals surface area (Å²) in [6, 6.07) is 13.4. The Labute approximate surface area is 159 Å². The van der Waals surface area contributed by atoms with E-state index in [0.717, 1.165) is 5.56 Å². The molecule has 6 heteroatoms. The number of hydrogen-bond donors (Lipinski definition) is 3. The molecule has 0 aliphatic rings. The van der Waals surface area contributed by atoms with Gasteiger partial charge in [-0.25, -0.2) is 0 Å². The molecule has 0 bridgehead atoms. The number of anilines is 2. The monoisotopic (exact) mass is 367 g/mol. The first kappa shape index (κ1) is 20.2. The molecule has 0 heterocycles. The molecule has 1 atom stereocenters. The molecule has 27 heavy (non-hydrogen) atoms. The summed E-state index contributed by atoms with van der Waals surface area (Å²) in [6.45, 7) is 7.06. The van der Waals surface area contributed by atoms with Gasteiger partial charge in [0.1, 0.15) is 6.04 Å². The lowest BCUT2D eigenvalue weighted by Gasteiger charge is -2.22. The molecule has 2 aromatic carbocycles. The van der Waals surface area contributed by atoms with Gasteiger partial charge < -0.3 is 16.0 Å². The van der Waals surface area contributed by atoms with E-state index in [9.17, 15) is 14.4 Å². The highest BCUT2D eigenvalue weighted by Gasteiger charge is 2.25. The highest BCUT2D eigenvalue weighted by atomic mass is 16.2. The normalized spacial score (nSPS) is 11.6. The molecular formula is C21H25N3O3. The fourth-order valence-electron chi connectivity index (χ4n) is 2.64. The van der Waals surface area contributed by atoms with Crippen molar-refractivity contribution >= 4 is 29.1 Å². The summed E-state index contributed by atoms with van der Waals surface area (Å²) in [4.78, 5) is 36.4. The molecule has 142 valence electrons. The van der Waals surface area contributed by atoms with Crippen LogP contribution >= 0.6 is 0 Å². The predicted molar refractivity (Wildman–Crippen MR) is 107 cm³/mol. The third-order valence-corrected chi connectivity index (χ3v) is 3.97. The third kappa shape index (κ3) is 5.95. The number of nitrogens with one attached hydrogen (secondary N) is 3. The van der Waals surface area contributed by atoms with Gasteiger partial charge in [-0.2, -0.15) is 0 Å². The lowest BCUT2D eigenvalue weighted by molar-refractivity contribution is -0.119. The van der Waals surface area contributed by atoms with Crippen LogP contribution in [0.4, 0.5) is 11.4 Å². The third-order valence-electron chi connectivity index (χ3n) is 3.97. The van der Waals surface area contributed by atoms with Crippen molar-refractivity contribution in [3.05, 3.63) is 59.7 Å². The van der Waals surface area contributed by atoms with Crippen LogP contribution in [0, 0.1) is 12.8 Å². The van der Waals surface area contributed by atoms with E-state index < -0.39 is 6.04 Å². The van der Waals surface area contributed by atoms with Crippen LogP contribution in [0.25, 0.3) is 0 Å². The van der Waals surface area contributed by atoms with Crippen molar-refractivity contribution in [3.8, 4) is 0 Å². The van der Waals surface area contributed by atoms with E-state index in [-0.39, 0.29) is 23.6 Å². The molecule has 2 aromatic rings. The number of rotatable bonds is 6. The molecule has 3 N–H and O–H groups in total. The van der Waals surface area contributed by atoms with Gasteiger partial charge in [0.05, 0.1) is 0 Å². The minimum absolute atomic E-state index is 0.0997. The van der Waals surface area contributed by atoms with Gasteiger partial charge in [-0.15, -0.1) is 0 Å². The van der Waals surface area contributed by atoms with Gasteiger partial charge in [-0.05, 0) is 43.2 Å². The first-order chi connectivity index (χ1) is 12.8. The van der Waals surface area contributed by atoms with Gasteiger partial charge >= 0.3 is 0 Å². The van der Waals surface area contributed by atoms with Crippen molar-refractivity contribution in [2.24, 2.45) is 5.92 Å². The molecule has 0 aliphatic heterocycles. The van der Waals surface area contributed by atoms with Crippen LogP contribution in [0.5, 0.6) is 0 Å². The molecule has 0 saturated heterocycles. The Morgan fingerprint density at radius 1 is 0.889 bits per heavy atom. The topological polar surface area (TPSA) is 87.3 Å². The maximum absolute atomic E-state index is 12.7. The van der Waals surface area contributed by atoms with Crippen LogP contribution in [0.3, 0.4) is 0 Å². The second-order valence-electron chi connectivity index (χ2n) is 6.82. The molecular weight excluding hydrogens is 342 g/mol. The van der Waals surface area contributed by atoms with Crippen molar-refractivity contribution in [2.75, 3.05) is 10.6 Å².